The first-order chi connectivity index (χ1) is 9.61. The Morgan fingerprint density at radius 1 is 1.15 bits per heavy atom. The second kappa shape index (κ2) is 4.82. The Balaban J connectivity index is 2.33. The van der Waals surface area contributed by atoms with Gasteiger partial charge < -0.3 is 4.57 Å². The SMILES string of the molecule is Cn1c(-c2c(Cl)cccc2Cl)nc2ccc(C#N)cc21. The zero-order chi connectivity index (χ0) is 14.3. The topological polar surface area (TPSA) is 41.6 Å². The Morgan fingerprint density at radius 2 is 1.85 bits per heavy atom. The van der Waals surface area contributed by atoms with Crippen LogP contribution in [0.1, 0.15) is 5.56 Å². The van der Waals surface area contributed by atoms with Gasteiger partial charge >= 0.3 is 0 Å². The van der Waals surface area contributed by atoms with E-state index in [1.165, 1.54) is 0 Å². The van der Waals surface area contributed by atoms with Gasteiger partial charge in [0.1, 0.15) is 5.82 Å². The minimum absolute atomic E-state index is 0.552. The van der Waals surface area contributed by atoms with E-state index in [4.69, 9.17) is 28.5 Å². The summed E-state index contributed by atoms with van der Waals surface area (Å²) < 4.78 is 1.89. The Bertz CT molecular complexity index is 839. The van der Waals surface area contributed by atoms with Crippen LogP contribution in [0.2, 0.25) is 10.0 Å². The Morgan fingerprint density at radius 3 is 2.50 bits per heavy atom. The first-order valence-electron chi connectivity index (χ1n) is 5.93. The van der Waals surface area contributed by atoms with Crippen molar-refractivity contribution in [3.05, 3.63) is 52.0 Å². The van der Waals surface area contributed by atoms with Crippen molar-refractivity contribution in [2.24, 2.45) is 7.05 Å². The van der Waals surface area contributed by atoms with E-state index in [-0.39, 0.29) is 0 Å². The molecule has 0 saturated heterocycles. The smallest absolute Gasteiger partial charge is 0.143 e. The third kappa shape index (κ3) is 1.94. The number of nitrogens with zero attached hydrogens (tertiary/aromatic N) is 3. The predicted octanol–water partition coefficient (Wildman–Crippen LogP) is 4.42. The molecule has 1 aromatic heterocycles. The van der Waals surface area contributed by atoms with Gasteiger partial charge in [-0.3, -0.25) is 0 Å². The normalized spacial score (nSPS) is 10.7. The average Bonchev–Trinajstić information content (AvgIpc) is 2.76. The molecule has 0 aliphatic rings. The molecule has 0 spiro atoms. The van der Waals surface area contributed by atoms with Crippen LogP contribution < -0.4 is 0 Å². The van der Waals surface area contributed by atoms with Gasteiger partial charge in [-0.1, -0.05) is 29.3 Å². The van der Waals surface area contributed by atoms with Gasteiger partial charge in [-0.25, -0.2) is 4.98 Å². The van der Waals surface area contributed by atoms with E-state index in [0.717, 1.165) is 11.0 Å². The second-order valence-corrected chi connectivity index (χ2v) is 5.22. The highest BCUT2D eigenvalue weighted by molar-refractivity contribution is 6.39. The van der Waals surface area contributed by atoms with E-state index in [9.17, 15) is 0 Å². The van der Waals surface area contributed by atoms with E-state index in [1.54, 1.807) is 30.3 Å². The summed E-state index contributed by atoms with van der Waals surface area (Å²) in [4.78, 5) is 4.56. The summed E-state index contributed by atoms with van der Waals surface area (Å²) in [5.74, 6) is 0.686. The zero-order valence-corrected chi connectivity index (χ0v) is 12.1. The first kappa shape index (κ1) is 13.0. The summed E-state index contributed by atoms with van der Waals surface area (Å²) in [6, 6.07) is 12.8. The van der Waals surface area contributed by atoms with E-state index >= 15 is 0 Å². The quantitative estimate of drug-likeness (QED) is 0.667. The van der Waals surface area contributed by atoms with E-state index in [1.807, 2.05) is 17.7 Å². The van der Waals surface area contributed by atoms with E-state index in [2.05, 4.69) is 11.1 Å². The molecule has 0 amide bonds. The number of hydrogen-bond donors (Lipinski definition) is 0. The van der Waals surface area contributed by atoms with Crippen molar-refractivity contribution in [2.75, 3.05) is 0 Å². The van der Waals surface area contributed by atoms with Crippen molar-refractivity contribution in [1.29, 1.82) is 5.26 Å². The molecule has 3 aromatic rings. The molecule has 0 fully saturated rings. The molecule has 3 nitrogen and oxygen atoms in total. The lowest BCUT2D eigenvalue weighted by Gasteiger charge is -2.06. The van der Waals surface area contributed by atoms with Crippen molar-refractivity contribution in [3.8, 4) is 17.5 Å². The summed E-state index contributed by atoms with van der Waals surface area (Å²) in [6.45, 7) is 0. The highest BCUT2D eigenvalue weighted by atomic mass is 35.5. The minimum atomic E-state index is 0.552. The van der Waals surface area contributed by atoms with Crippen molar-refractivity contribution < 1.29 is 0 Å². The fraction of sp³-hybridized carbons (Fsp3) is 0.0667. The molecule has 3 rings (SSSR count). The predicted molar refractivity (Wildman–Crippen MR) is 80.9 cm³/mol. The van der Waals surface area contributed by atoms with Gasteiger partial charge in [-0.15, -0.1) is 0 Å². The Kier molecular flexibility index (Phi) is 3.13. The third-order valence-electron chi connectivity index (χ3n) is 3.20. The number of fused-ring (bicyclic) bond motifs is 1. The molecule has 0 unspecified atom stereocenters. The highest BCUT2D eigenvalue weighted by Crippen LogP contribution is 2.35. The molecule has 1 heterocycles. The lowest BCUT2D eigenvalue weighted by Crippen LogP contribution is -1.94. The molecule has 0 atom stereocenters. The molecule has 2 aromatic carbocycles. The highest BCUT2D eigenvalue weighted by Gasteiger charge is 2.15. The van der Waals surface area contributed by atoms with Gasteiger partial charge in [-0.05, 0) is 30.3 Å². The number of aryl methyl sites for hydroxylation is 1. The third-order valence-corrected chi connectivity index (χ3v) is 3.83. The van der Waals surface area contributed by atoms with Crippen molar-refractivity contribution >= 4 is 34.2 Å². The molecule has 20 heavy (non-hydrogen) atoms. The summed E-state index contributed by atoms with van der Waals surface area (Å²) in [6.07, 6.45) is 0. The fourth-order valence-corrected chi connectivity index (χ4v) is 2.76. The molecule has 0 radical (unpaired) electrons. The van der Waals surface area contributed by atoms with Crippen LogP contribution in [0.25, 0.3) is 22.4 Å². The van der Waals surface area contributed by atoms with Gasteiger partial charge in [-0.2, -0.15) is 5.26 Å². The van der Waals surface area contributed by atoms with Crippen LogP contribution in [0.4, 0.5) is 0 Å². The summed E-state index contributed by atoms with van der Waals surface area (Å²) in [5, 5.41) is 10.1. The molecule has 0 saturated carbocycles. The molecule has 5 heteroatoms. The average molecular weight is 302 g/mol. The maximum atomic E-state index is 8.98. The number of aromatic nitrogens is 2. The maximum Gasteiger partial charge on any atom is 0.143 e. The first-order valence-corrected chi connectivity index (χ1v) is 6.68. The van der Waals surface area contributed by atoms with Crippen LogP contribution in [-0.4, -0.2) is 9.55 Å². The lowest BCUT2D eigenvalue weighted by atomic mass is 10.2. The van der Waals surface area contributed by atoms with Crippen molar-refractivity contribution in [2.45, 2.75) is 0 Å². The summed E-state index contributed by atoms with van der Waals surface area (Å²) in [5.41, 5.74) is 2.97. The number of hydrogen-bond acceptors (Lipinski definition) is 2. The number of nitriles is 1. The molecule has 0 N–H and O–H groups in total. The van der Waals surface area contributed by atoms with Gasteiger partial charge in [0.25, 0.3) is 0 Å². The van der Waals surface area contributed by atoms with E-state index < -0.39 is 0 Å². The maximum absolute atomic E-state index is 8.98. The lowest BCUT2D eigenvalue weighted by molar-refractivity contribution is 0.959. The Hall–Kier alpha value is -2.02. The molecule has 0 aliphatic heterocycles. The van der Waals surface area contributed by atoms with Crippen LogP contribution in [0, 0.1) is 11.3 Å². The van der Waals surface area contributed by atoms with Gasteiger partial charge in [0.2, 0.25) is 0 Å². The minimum Gasteiger partial charge on any atom is -0.327 e. The van der Waals surface area contributed by atoms with E-state index in [0.29, 0.717) is 27.0 Å². The van der Waals surface area contributed by atoms with Crippen LogP contribution in [-0.2, 0) is 7.05 Å². The monoisotopic (exact) mass is 301 g/mol. The van der Waals surface area contributed by atoms with Crippen LogP contribution in [0.3, 0.4) is 0 Å². The summed E-state index contributed by atoms with van der Waals surface area (Å²) >= 11 is 12.5. The number of halogens is 2. The molecule has 98 valence electrons. The standard InChI is InChI=1S/C15H9Cl2N3/c1-20-13-7-9(8-18)5-6-12(13)19-15(20)14-10(16)3-2-4-11(14)17/h2-7H,1H3. The van der Waals surface area contributed by atoms with Crippen molar-refractivity contribution in [3.63, 3.8) is 0 Å². The molecular formula is C15H9Cl2N3. The number of benzene rings is 2. The summed E-state index contributed by atoms with van der Waals surface area (Å²) in [7, 11) is 1.88. The van der Waals surface area contributed by atoms with Crippen LogP contribution >= 0.6 is 23.2 Å². The number of imidazole rings is 1. The van der Waals surface area contributed by atoms with Gasteiger partial charge in [0.05, 0.1) is 38.3 Å². The largest absolute Gasteiger partial charge is 0.327 e. The van der Waals surface area contributed by atoms with Gasteiger partial charge in [0, 0.05) is 7.05 Å². The van der Waals surface area contributed by atoms with Crippen molar-refractivity contribution in [1.82, 2.24) is 9.55 Å². The molecular weight excluding hydrogens is 293 g/mol. The van der Waals surface area contributed by atoms with Crippen LogP contribution in [0.15, 0.2) is 36.4 Å². The van der Waals surface area contributed by atoms with Crippen LogP contribution in [0.5, 0.6) is 0 Å². The molecule has 0 aliphatic carbocycles. The fourth-order valence-electron chi connectivity index (χ4n) is 2.19. The zero-order valence-electron chi connectivity index (χ0n) is 10.6. The second-order valence-electron chi connectivity index (χ2n) is 4.41. The molecule has 0 bridgehead atoms. The van der Waals surface area contributed by atoms with Gasteiger partial charge in [0.15, 0.2) is 0 Å². The Labute approximate surface area is 126 Å². The number of rotatable bonds is 1.